The maximum atomic E-state index is 10.3. The molecule has 1 aromatic rings. The van der Waals surface area contributed by atoms with Crippen molar-refractivity contribution in [3.05, 3.63) is 29.6 Å². The van der Waals surface area contributed by atoms with Crippen LogP contribution in [-0.2, 0) is 4.79 Å². The fraction of sp³-hybridized carbons (Fsp3) is 0.400. The minimum atomic E-state index is -0.818. The summed E-state index contributed by atoms with van der Waals surface area (Å²) in [5, 5.41) is 8.51. The van der Waals surface area contributed by atoms with Gasteiger partial charge in [0.2, 0.25) is 0 Å². The fourth-order valence-electron chi connectivity index (χ4n) is 1.32. The average molecular weight is 194 g/mol. The van der Waals surface area contributed by atoms with Crippen molar-refractivity contribution in [3.8, 4) is 0 Å². The number of carboxylic acid groups (broad SMARTS) is 1. The summed E-state index contributed by atoms with van der Waals surface area (Å²) < 4.78 is 0. The number of aromatic nitrogens is 1. The van der Waals surface area contributed by atoms with Gasteiger partial charge in [-0.1, -0.05) is 6.07 Å². The van der Waals surface area contributed by atoms with Crippen molar-refractivity contribution < 1.29 is 9.90 Å². The summed E-state index contributed by atoms with van der Waals surface area (Å²) in [6, 6.07) is 3.46. The van der Waals surface area contributed by atoms with Gasteiger partial charge in [-0.3, -0.25) is 9.78 Å². The van der Waals surface area contributed by atoms with E-state index in [-0.39, 0.29) is 12.5 Å². The Hall–Kier alpha value is -1.42. The molecule has 14 heavy (non-hydrogen) atoms. The van der Waals surface area contributed by atoms with Gasteiger partial charge in [0.05, 0.1) is 0 Å². The average Bonchev–Trinajstić information content (AvgIpc) is 2.15. The molecule has 0 fully saturated rings. The summed E-state index contributed by atoms with van der Waals surface area (Å²) in [4.78, 5) is 14.4. The smallest absolute Gasteiger partial charge is 0.303 e. The third-order valence-corrected chi connectivity index (χ3v) is 2.12. The number of rotatable bonds is 4. The maximum Gasteiger partial charge on any atom is 0.303 e. The van der Waals surface area contributed by atoms with Crippen molar-refractivity contribution in [3.63, 3.8) is 0 Å². The number of carbonyl (C=O) groups is 1. The van der Waals surface area contributed by atoms with Crippen LogP contribution in [0.5, 0.6) is 0 Å². The van der Waals surface area contributed by atoms with Crippen molar-refractivity contribution in [2.45, 2.75) is 25.8 Å². The van der Waals surface area contributed by atoms with Gasteiger partial charge in [0.25, 0.3) is 0 Å². The molecular weight excluding hydrogens is 180 g/mol. The van der Waals surface area contributed by atoms with Crippen LogP contribution in [0.3, 0.4) is 0 Å². The lowest BCUT2D eigenvalue weighted by Gasteiger charge is -2.12. The molecule has 3 N–H and O–H groups in total. The molecule has 1 unspecified atom stereocenters. The molecule has 0 saturated heterocycles. The number of nitrogens with two attached hydrogens (primary N) is 1. The maximum absolute atomic E-state index is 10.3. The summed E-state index contributed by atoms with van der Waals surface area (Å²) in [6.07, 6.45) is 2.24. The molecular formula is C10H14N2O2. The number of hydrogen-bond acceptors (Lipinski definition) is 3. The molecule has 0 aliphatic heterocycles. The quantitative estimate of drug-likeness (QED) is 0.756. The molecule has 0 bridgehead atoms. The first-order valence-corrected chi connectivity index (χ1v) is 4.50. The minimum Gasteiger partial charge on any atom is -0.481 e. The molecule has 4 nitrogen and oxygen atoms in total. The predicted octanol–water partition coefficient (Wildman–Crippen LogP) is 1.25. The Balaban J connectivity index is 2.65. The lowest BCUT2D eigenvalue weighted by atomic mass is 10.0. The summed E-state index contributed by atoms with van der Waals surface area (Å²) in [6.45, 7) is 1.87. The lowest BCUT2D eigenvalue weighted by Crippen LogP contribution is -2.14. The van der Waals surface area contributed by atoms with E-state index in [1.165, 1.54) is 0 Å². The van der Waals surface area contributed by atoms with Crippen LogP contribution in [0.25, 0.3) is 0 Å². The summed E-state index contributed by atoms with van der Waals surface area (Å²) in [5.41, 5.74) is 7.63. The highest BCUT2D eigenvalue weighted by Gasteiger charge is 2.10. The number of carboxylic acids is 1. The molecule has 0 aromatic carbocycles. The molecule has 1 aromatic heterocycles. The van der Waals surface area contributed by atoms with Crippen molar-refractivity contribution in [1.29, 1.82) is 0 Å². The van der Waals surface area contributed by atoms with Crippen LogP contribution < -0.4 is 5.73 Å². The second kappa shape index (κ2) is 4.72. The van der Waals surface area contributed by atoms with Gasteiger partial charge in [0, 0.05) is 24.4 Å². The summed E-state index contributed by atoms with van der Waals surface area (Å²) >= 11 is 0. The molecule has 0 aliphatic rings. The van der Waals surface area contributed by atoms with E-state index in [0.717, 1.165) is 11.3 Å². The Labute approximate surface area is 82.8 Å². The molecule has 0 aliphatic carbocycles. The van der Waals surface area contributed by atoms with E-state index in [1.54, 1.807) is 6.20 Å². The second-order valence-corrected chi connectivity index (χ2v) is 3.22. The van der Waals surface area contributed by atoms with Crippen LogP contribution >= 0.6 is 0 Å². The van der Waals surface area contributed by atoms with Crippen LogP contribution in [0.15, 0.2) is 18.3 Å². The van der Waals surface area contributed by atoms with Gasteiger partial charge in [0.1, 0.15) is 0 Å². The zero-order valence-electron chi connectivity index (χ0n) is 8.10. The van der Waals surface area contributed by atoms with Crippen molar-refractivity contribution in [2.75, 3.05) is 0 Å². The van der Waals surface area contributed by atoms with E-state index in [1.807, 2.05) is 19.1 Å². The summed E-state index contributed by atoms with van der Waals surface area (Å²) in [5.74, 6) is -0.818. The Morgan fingerprint density at radius 1 is 1.71 bits per heavy atom. The van der Waals surface area contributed by atoms with Gasteiger partial charge >= 0.3 is 5.97 Å². The minimum absolute atomic E-state index is 0.0928. The first kappa shape index (κ1) is 10.7. The lowest BCUT2D eigenvalue weighted by molar-refractivity contribution is -0.137. The number of nitrogens with zero attached hydrogens (tertiary/aromatic N) is 1. The SMILES string of the molecule is Cc1ncccc1C(N)CCC(=O)O. The molecule has 1 heterocycles. The van der Waals surface area contributed by atoms with E-state index < -0.39 is 5.97 Å². The van der Waals surface area contributed by atoms with Crippen LogP contribution in [0, 0.1) is 6.92 Å². The van der Waals surface area contributed by atoms with Gasteiger partial charge in [-0.05, 0) is 25.0 Å². The molecule has 1 rings (SSSR count). The van der Waals surface area contributed by atoms with E-state index in [4.69, 9.17) is 10.8 Å². The Bertz CT molecular complexity index is 326. The highest BCUT2D eigenvalue weighted by atomic mass is 16.4. The first-order valence-electron chi connectivity index (χ1n) is 4.50. The third kappa shape index (κ3) is 2.81. The van der Waals surface area contributed by atoms with Crippen LogP contribution in [-0.4, -0.2) is 16.1 Å². The van der Waals surface area contributed by atoms with Crippen molar-refractivity contribution in [1.82, 2.24) is 4.98 Å². The van der Waals surface area contributed by atoms with E-state index in [0.29, 0.717) is 6.42 Å². The molecule has 76 valence electrons. The van der Waals surface area contributed by atoms with E-state index in [9.17, 15) is 4.79 Å². The van der Waals surface area contributed by atoms with E-state index >= 15 is 0 Å². The second-order valence-electron chi connectivity index (χ2n) is 3.22. The number of aliphatic carboxylic acids is 1. The van der Waals surface area contributed by atoms with Gasteiger partial charge in [-0.2, -0.15) is 0 Å². The normalized spacial score (nSPS) is 12.4. The molecule has 0 saturated carbocycles. The van der Waals surface area contributed by atoms with E-state index in [2.05, 4.69) is 4.98 Å². The molecule has 0 amide bonds. The van der Waals surface area contributed by atoms with Crippen molar-refractivity contribution in [2.24, 2.45) is 5.73 Å². The molecule has 1 atom stereocenters. The van der Waals surface area contributed by atoms with Gasteiger partial charge in [0.15, 0.2) is 0 Å². The molecule has 0 radical (unpaired) electrons. The van der Waals surface area contributed by atoms with Gasteiger partial charge < -0.3 is 10.8 Å². The van der Waals surface area contributed by atoms with Crippen LogP contribution in [0.1, 0.15) is 30.1 Å². The number of hydrogen-bond donors (Lipinski definition) is 2. The zero-order valence-corrected chi connectivity index (χ0v) is 8.10. The van der Waals surface area contributed by atoms with Gasteiger partial charge in [-0.25, -0.2) is 0 Å². The van der Waals surface area contributed by atoms with Gasteiger partial charge in [-0.15, -0.1) is 0 Å². The standard InChI is InChI=1S/C10H14N2O2/c1-7-8(3-2-6-12-7)9(11)4-5-10(13)14/h2-3,6,9H,4-5,11H2,1H3,(H,13,14). The largest absolute Gasteiger partial charge is 0.481 e. The Morgan fingerprint density at radius 3 is 3.00 bits per heavy atom. The summed E-state index contributed by atoms with van der Waals surface area (Å²) in [7, 11) is 0. The first-order chi connectivity index (χ1) is 6.61. The van der Waals surface area contributed by atoms with Crippen LogP contribution in [0.4, 0.5) is 0 Å². The third-order valence-electron chi connectivity index (χ3n) is 2.12. The number of aryl methyl sites for hydroxylation is 1. The monoisotopic (exact) mass is 194 g/mol. The van der Waals surface area contributed by atoms with Crippen molar-refractivity contribution >= 4 is 5.97 Å². The molecule has 4 heteroatoms. The highest BCUT2D eigenvalue weighted by Crippen LogP contribution is 2.17. The predicted molar refractivity (Wildman–Crippen MR) is 52.8 cm³/mol. The highest BCUT2D eigenvalue weighted by molar-refractivity contribution is 5.66. The molecule has 0 spiro atoms. The Kier molecular flexibility index (Phi) is 3.59. The Morgan fingerprint density at radius 2 is 2.43 bits per heavy atom. The zero-order chi connectivity index (χ0) is 10.6. The topological polar surface area (TPSA) is 76.2 Å². The number of pyridine rings is 1. The van der Waals surface area contributed by atoms with Crippen LogP contribution in [0.2, 0.25) is 0 Å². The fourth-order valence-corrected chi connectivity index (χ4v) is 1.32.